The quantitative estimate of drug-likeness (QED) is 0.438. The summed E-state index contributed by atoms with van der Waals surface area (Å²) in [6, 6.07) is 0. The molecule has 0 spiro atoms. The first-order valence-electron chi connectivity index (χ1n) is 4.41. The van der Waals surface area contributed by atoms with Gasteiger partial charge >= 0.3 is 0 Å². The first kappa shape index (κ1) is 10.3. The molecule has 0 bridgehead atoms. The van der Waals surface area contributed by atoms with Gasteiger partial charge < -0.3 is 5.32 Å². The highest BCUT2D eigenvalue weighted by Crippen LogP contribution is 1.93. The van der Waals surface area contributed by atoms with Crippen molar-refractivity contribution < 1.29 is 0 Å². The largest absolute Gasteiger partial charge is 0.391 e. The van der Waals surface area contributed by atoms with Crippen molar-refractivity contribution in [2.75, 3.05) is 6.54 Å². The van der Waals surface area contributed by atoms with Crippen LogP contribution in [0.15, 0.2) is 24.9 Å². The van der Waals surface area contributed by atoms with E-state index in [-0.39, 0.29) is 0 Å². The van der Waals surface area contributed by atoms with Gasteiger partial charge in [0, 0.05) is 6.54 Å². The highest BCUT2D eigenvalue weighted by molar-refractivity contribution is 4.81. The van der Waals surface area contributed by atoms with Crippen LogP contribution in [0.3, 0.4) is 0 Å². The molecule has 0 atom stereocenters. The van der Waals surface area contributed by atoms with Crippen molar-refractivity contribution in [2.24, 2.45) is 0 Å². The van der Waals surface area contributed by atoms with E-state index in [1.54, 1.807) is 6.20 Å². The molecule has 0 aromatic rings. The molecule has 0 saturated carbocycles. The van der Waals surface area contributed by atoms with E-state index in [0.29, 0.717) is 0 Å². The lowest BCUT2D eigenvalue weighted by atomic mass is 10.2. The van der Waals surface area contributed by atoms with Crippen molar-refractivity contribution >= 4 is 0 Å². The standard InChI is InChI=1S/C10H19N/c1-3-5-6-7-8-9-10-11-4-2/h4,6-7,11H,2-3,5,8-10H2,1H3/b7-6-. The molecule has 0 rings (SSSR count). The Balaban J connectivity index is 2.94. The lowest BCUT2D eigenvalue weighted by Crippen LogP contribution is -2.04. The van der Waals surface area contributed by atoms with Gasteiger partial charge in [0.2, 0.25) is 0 Å². The van der Waals surface area contributed by atoms with E-state index >= 15 is 0 Å². The Labute approximate surface area is 70.2 Å². The fraction of sp³-hybridized carbons (Fsp3) is 0.600. The normalized spacial score (nSPS) is 10.3. The van der Waals surface area contributed by atoms with Crippen LogP contribution in [0.25, 0.3) is 0 Å². The highest BCUT2D eigenvalue weighted by Gasteiger charge is 1.80. The molecular formula is C10H19N. The van der Waals surface area contributed by atoms with Gasteiger partial charge in [0.15, 0.2) is 0 Å². The number of hydrogen-bond acceptors (Lipinski definition) is 1. The molecule has 0 radical (unpaired) electrons. The van der Waals surface area contributed by atoms with E-state index in [9.17, 15) is 0 Å². The van der Waals surface area contributed by atoms with Gasteiger partial charge in [-0.3, -0.25) is 0 Å². The van der Waals surface area contributed by atoms with Crippen LogP contribution in [0.5, 0.6) is 0 Å². The van der Waals surface area contributed by atoms with Crippen LogP contribution in [-0.4, -0.2) is 6.54 Å². The second-order valence-electron chi connectivity index (χ2n) is 2.56. The predicted octanol–water partition coefficient (Wildman–Crippen LogP) is 2.86. The summed E-state index contributed by atoms with van der Waals surface area (Å²) in [5.74, 6) is 0. The van der Waals surface area contributed by atoms with E-state index in [4.69, 9.17) is 0 Å². The topological polar surface area (TPSA) is 12.0 Å². The predicted molar refractivity (Wildman–Crippen MR) is 51.5 cm³/mol. The van der Waals surface area contributed by atoms with Gasteiger partial charge in [-0.1, -0.05) is 32.1 Å². The minimum absolute atomic E-state index is 1.04. The molecule has 1 heteroatoms. The third-order valence-corrected chi connectivity index (χ3v) is 1.46. The molecule has 1 N–H and O–H groups in total. The Hall–Kier alpha value is -0.720. The van der Waals surface area contributed by atoms with Crippen molar-refractivity contribution in [3.8, 4) is 0 Å². The summed E-state index contributed by atoms with van der Waals surface area (Å²) in [4.78, 5) is 0. The zero-order valence-electron chi connectivity index (χ0n) is 7.47. The molecule has 0 aromatic heterocycles. The average Bonchev–Trinajstić information content (AvgIpc) is 2.03. The van der Waals surface area contributed by atoms with Crippen LogP contribution in [0.1, 0.15) is 32.6 Å². The van der Waals surface area contributed by atoms with E-state index < -0.39 is 0 Å². The zero-order chi connectivity index (χ0) is 8.36. The van der Waals surface area contributed by atoms with E-state index in [1.165, 1.54) is 25.7 Å². The van der Waals surface area contributed by atoms with Crippen LogP contribution in [0.2, 0.25) is 0 Å². The Morgan fingerprint density at radius 2 is 2.00 bits per heavy atom. The van der Waals surface area contributed by atoms with Crippen LogP contribution in [0, 0.1) is 0 Å². The Morgan fingerprint density at radius 1 is 1.27 bits per heavy atom. The van der Waals surface area contributed by atoms with E-state index in [0.717, 1.165) is 6.54 Å². The summed E-state index contributed by atoms with van der Waals surface area (Å²) >= 11 is 0. The van der Waals surface area contributed by atoms with Gasteiger partial charge in [0.05, 0.1) is 0 Å². The fourth-order valence-corrected chi connectivity index (χ4v) is 0.826. The summed E-state index contributed by atoms with van der Waals surface area (Å²) in [6.45, 7) is 6.82. The second kappa shape index (κ2) is 9.28. The fourth-order valence-electron chi connectivity index (χ4n) is 0.826. The number of unbranched alkanes of at least 4 members (excludes halogenated alkanes) is 2. The third-order valence-electron chi connectivity index (χ3n) is 1.46. The van der Waals surface area contributed by atoms with Crippen LogP contribution >= 0.6 is 0 Å². The van der Waals surface area contributed by atoms with Crippen LogP contribution < -0.4 is 5.32 Å². The maximum Gasteiger partial charge on any atom is 0.0144 e. The van der Waals surface area contributed by atoms with Gasteiger partial charge in [-0.15, -0.1) is 0 Å². The lowest BCUT2D eigenvalue weighted by molar-refractivity contribution is 0.763. The molecule has 0 saturated heterocycles. The Morgan fingerprint density at radius 3 is 2.64 bits per heavy atom. The molecule has 0 unspecified atom stereocenters. The van der Waals surface area contributed by atoms with Crippen LogP contribution in [-0.2, 0) is 0 Å². The number of allylic oxidation sites excluding steroid dienone is 2. The van der Waals surface area contributed by atoms with Crippen molar-refractivity contribution in [2.45, 2.75) is 32.6 Å². The molecule has 1 nitrogen and oxygen atoms in total. The van der Waals surface area contributed by atoms with Gasteiger partial charge in [0.25, 0.3) is 0 Å². The SMILES string of the molecule is C=CNCCC/C=C\CCC. The van der Waals surface area contributed by atoms with Gasteiger partial charge in [0.1, 0.15) is 0 Å². The molecular weight excluding hydrogens is 134 g/mol. The molecule has 0 aliphatic rings. The molecule has 0 heterocycles. The first-order chi connectivity index (χ1) is 5.41. The first-order valence-corrected chi connectivity index (χ1v) is 4.41. The molecule has 11 heavy (non-hydrogen) atoms. The Bertz CT molecular complexity index is 105. The van der Waals surface area contributed by atoms with Crippen molar-refractivity contribution in [3.63, 3.8) is 0 Å². The molecule has 0 aliphatic heterocycles. The summed E-state index contributed by atoms with van der Waals surface area (Å²) in [6.07, 6.45) is 11.1. The monoisotopic (exact) mass is 153 g/mol. The van der Waals surface area contributed by atoms with E-state index in [1.807, 2.05) is 0 Å². The number of hydrogen-bond donors (Lipinski definition) is 1. The lowest BCUT2D eigenvalue weighted by Gasteiger charge is -1.95. The third kappa shape index (κ3) is 9.28. The average molecular weight is 153 g/mol. The summed E-state index contributed by atoms with van der Waals surface area (Å²) in [5.41, 5.74) is 0. The van der Waals surface area contributed by atoms with Crippen LogP contribution in [0.4, 0.5) is 0 Å². The smallest absolute Gasteiger partial charge is 0.0144 e. The number of nitrogens with one attached hydrogen (secondary N) is 1. The summed E-state index contributed by atoms with van der Waals surface area (Å²) in [5, 5.41) is 3.07. The minimum Gasteiger partial charge on any atom is -0.391 e. The van der Waals surface area contributed by atoms with Gasteiger partial charge in [-0.2, -0.15) is 0 Å². The maximum atomic E-state index is 3.58. The number of rotatable bonds is 7. The second-order valence-corrected chi connectivity index (χ2v) is 2.56. The highest BCUT2D eigenvalue weighted by atomic mass is 14.8. The van der Waals surface area contributed by atoms with Gasteiger partial charge in [-0.25, -0.2) is 0 Å². The van der Waals surface area contributed by atoms with Crippen molar-refractivity contribution in [1.29, 1.82) is 0 Å². The Kier molecular flexibility index (Phi) is 8.67. The zero-order valence-corrected chi connectivity index (χ0v) is 7.47. The van der Waals surface area contributed by atoms with Gasteiger partial charge in [-0.05, 0) is 25.5 Å². The van der Waals surface area contributed by atoms with Crippen molar-refractivity contribution in [1.82, 2.24) is 5.32 Å². The molecule has 64 valence electrons. The van der Waals surface area contributed by atoms with Crippen molar-refractivity contribution in [3.05, 3.63) is 24.9 Å². The maximum absolute atomic E-state index is 3.58. The minimum atomic E-state index is 1.04. The molecule has 0 aliphatic carbocycles. The molecule has 0 amide bonds. The molecule has 0 fully saturated rings. The summed E-state index contributed by atoms with van der Waals surface area (Å²) < 4.78 is 0. The molecule has 0 aromatic carbocycles. The van der Waals surface area contributed by atoms with E-state index in [2.05, 4.69) is 31.0 Å². The summed E-state index contributed by atoms with van der Waals surface area (Å²) in [7, 11) is 0.